The van der Waals surface area contributed by atoms with Gasteiger partial charge in [-0.15, -0.1) is 0 Å². The third-order valence-electron chi connectivity index (χ3n) is 2.33. The van der Waals surface area contributed by atoms with Crippen molar-refractivity contribution in [1.82, 2.24) is 4.98 Å². The number of benzene rings is 1. The second-order valence-corrected chi connectivity index (χ2v) is 3.83. The van der Waals surface area contributed by atoms with Gasteiger partial charge in [0.15, 0.2) is 11.6 Å². The van der Waals surface area contributed by atoms with Crippen LogP contribution in [0, 0.1) is 11.6 Å². The number of rotatable bonds is 2. The lowest BCUT2D eigenvalue weighted by Crippen LogP contribution is -1.99. The van der Waals surface area contributed by atoms with Gasteiger partial charge >= 0.3 is 5.97 Å². The lowest BCUT2D eigenvalue weighted by molar-refractivity contribution is 0.0696. The zero-order chi connectivity index (χ0) is 13.3. The van der Waals surface area contributed by atoms with Crippen molar-refractivity contribution in [2.75, 3.05) is 0 Å². The Morgan fingerprint density at radius 1 is 1.28 bits per heavy atom. The van der Waals surface area contributed by atoms with Crippen LogP contribution >= 0.6 is 11.6 Å². The molecule has 0 aliphatic carbocycles. The number of carboxylic acid groups (broad SMARTS) is 1. The van der Waals surface area contributed by atoms with Gasteiger partial charge in [-0.1, -0.05) is 23.7 Å². The molecule has 0 aliphatic heterocycles. The van der Waals surface area contributed by atoms with E-state index in [2.05, 4.69) is 4.98 Å². The molecule has 0 atom stereocenters. The molecule has 0 fully saturated rings. The third kappa shape index (κ3) is 2.17. The van der Waals surface area contributed by atoms with Crippen LogP contribution in [0.15, 0.2) is 30.5 Å². The van der Waals surface area contributed by atoms with E-state index in [9.17, 15) is 13.6 Å². The topological polar surface area (TPSA) is 50.2 Å². The molecule has 0 saturated heterocycles. The number of hydrogen-bond donors (Lipinski definition) is 1. The Hall–Kier alpha value is -2.01. The van der Waals surface area contributed by atoms with Crippen LogP contribution in [0.3, 0.4) is 0 Å². The molecular formula is C12H6ClF2NO2. The number of nitrogens with zero attached hydrogens (tertiary/aromatic N) is 1. The van der Waals surface area contributed by atoms with Gasteiger partial charge in [0.05, 0.1) is 5.56 Å². The summed E-state index contributed by atoms with van der Waals surface area (Å²) < 4.78 is 26.7. The smallest absolute Gasteiger partial charge is 0.337 e. The highest BCUT2D eigenvalue weighted by Crippen LogP contribution is 2.30. The maximum absolute atomic E-state index is 13.6. The Bertz CT molecular complexity index is 631. The van der Waals surface area contributed by atoms with Gasteiger partial charge in [-0.3, -0.25) is 0 Å². The summed E-state index contributed by atoms with van der Waals surface area (Å²) in [6, 6.07) is 4.71. The van der Waals surface area contributed by atoms with Gasteiger partial charge in [0, 0.05) is 17.3 Å². The Labute approximate surface area is 106 Å². The maximum Gasteiger partial charge on any atom is 0.337 e. The van der Waals surface area contributed by atoms with Crippen LogP contribution < -0.4 is 0 Å². The van der Waals surface area contributed by atoms with Crippen LogP contribution in [0.1, 0.15) is 10.4 Å². The summed E-state index contributed by atoms with van der Waals surface area (Å²) in [4.78, 5) is 14.4. The number of aromatic carboxylic acids is 1. The van der Waals surface area contributed by atoms with Gasteiger partial charge in [-0.25, -0.2) is 18.6 Å². The van der Waals surface area contributed by atoms with E-state index in [1.807, 2.05) is 0 Å². The Balaban J connectivity index is 2.66. The summed E-state index contributed by atoms with van der Waals surface area (Å²) in [5.74, 6) is -3.36. The second kappa shape index (κ2) is 4.70. The SMILES string of the molecule is O=C(O)c1cnc(Cl)c(-c2cccc(F)c2F)c1. The van der Waals surface area contributed by atoms with Crippen molar-refractivity contribution in [2.45, 2.75) is 0 Å². The lowest BCUT2D eigenvalue weighted by Gasteiger charge is -2.06. The first-order chi connectivity index (χ1) is 8.50. The fourth-order valence-electron chi connectivity index (χ4n) is 1.47. The molecule has 0 aliphatic rings. The van der Waals surface area contributed by atoms with E-state index in [1.54, 1.807) is 0 Å². The molecule has 0 amide bonds. The van der Waals surface area contributed by atoms with Crippen LogP contribution in [-0.4, -0.2) is 16.1 Å². The summed E-state index contributed by atoms with van der Waals surface area (Å²) in [5.41, 5.74) is -0.248. The number of halogens is 3. The zero-order valence-electron chi connectivity index (χ0n) is 8.82. The molecule has 1 aromatic carbocycles. The molecular weight excluding hydrogens is 264 g/mol. The first kappa shape index (κ1) is 12.4. The van der Waals surface area contributed by atoms with Crippen molar-refractivity contribution < 1.29 is 18.7 Å². The molecule has 2 rings (SSSR count). The molecule has 0 radical (unpaired) electrons. The summed E-state index contributed by atoms with van der Waals surface area (Å²) >= 11 is 5.77. The highest BCUT2D eigenvalue weighted by molar-refractivity contribution is 6.32. The number of pyridine rings is 1. The summed E-state index contributed by atoms with van der Waals surface area (Å²) in [5, 5.41) is 8.73. The first-order valence-corrected chi connectivity index (χ1v) is 5.21. The number of hydrogen-bond acceptors (Lipinski definition) is 2. The first-order valence-electron chi connectivity index (χ1n) is 4.84. The Kier molecular flexibility index (Phi) is 3.25. The van der Waals surface area contributed by atoms with Crippen LogP contribution in [0.25, 0.3) is 11.1 Å². The molecule has 3 nitrogen and oxygen atoms in total. The molecule has 1 heterocycles. The molecule has 0 saturated carbocycles. The lowest BCUT2D eigenvalue weighted by atomic mass is 10.1. The van der Waals surface area contributed by atoms with Crippen molar-refractivity contribution in [3.63, 3.8) is 0 Å². The van der Waals surface area contributed by atoms with Gasteiger partial charge < -0.3 is 5.11 Å². The predicted octanol–water partition coefficient (Wildman–Crippen LogP) is 3.38. The molecule has 0 bridgehead atoms. The summed E-state index contributed by atoms with van der Waals surface area (Å²) in [7, 11) is 0. The number of carbonyl (C=O) groups is 1. The van der Waals surface area contributed by atoms with E-state index in [-0.39, 0.29) is 21.8 Å². The fraction of sp³-hybridized carbons (Fsp3) is 0. The Morgan fingerprint density at radius 2 is 2.00 bits per heavy atom. The second-order valence-electron chi connectivity index (χ2n) is 3.47. The fourth-order valence-corrected chi connectivity index (χ4v) is 1.67. The minimum Gasteiger partial charge on any atom is -0.478 e. The summed E-state index contributed by atoms with van der Waals surface area (Å²) in [6.45, 7) is 0. The van der Waals surface area contributed by atoms with E-state index in [0.29, 0.717) is 0 Å². The molecule has 2 aromatic rings. The highest BCUT2D eigenvalue weighted by Gasteiger charge is 2.15. The van der Waals surface area contributed by atoms with E-state index >= 15 is 0 Å². The van der Waals surface area contributed by atoms with Crippen molar-refractivity contribution in [3.8, 4) is 11.1 Å². The summed E-state index contributed by atoms with van der Waals surface area (Å²) in [6.07, 6.45) is 1.05. The van der Waals surface area contributed by atoms with Crippen LogP contribution in [0.4, 0.5) is 8.78 Å². The van der Waals surface area contributed by atoms with Crippen molar-refractivity contribution in [2.24, 2.45) is 0 Å². The van der Waals surface area contributed by atoms with Crippen molar-refractivity contribution in [3.05, 3.63) is 52.8 Å². The van der Waals surface area contributed by atoms with E-state index in [0.717, 1.165) is 18.3 Å². The van der Waals surface area contributed by atoms with Gasteiger partial charge in [0.25, 0.3) is 0 Å². The number of carboxylic acids is 1. The largest absolute Gasteiger partial charge is 0.478 e. The van der Waals surface area contributed by atoms with Crippen molar-refractivity contribution in [1.29, 1.82) is 0 Å². The van der Waals surface area contributed by atoms with E-state index in [1.165, 1.54) is 12.1 Å². The van der Waals surface area contributed by atoms with E-state index in [4.69, 9.17) is 16.7 Å². The average molecular weight is 270 g/mol. The van der Waals surface area contributed by atoms with Crippen LogP contribution in [-0.2, 0) is 0 Å². The normalized spacial score (nSPS) is 10.4. The highest BCUT2D eigenvalue weighted by atomic mass is 35.5. The predicted molar refractivity (Wildman–Crippen MR) is 61.6 cm³/mol. The maximum atomic E-state index is 13.6. The van der Waals surface area contributed by atoms with Crippen LogP contribution in [0.5, 0.6) is 0 Å². The minimum atomic E-state index is -1.22. The molecule has 1 aromatic heterocycles. The Morgan fingerprint density at radius 3 is 2.67 bits per heavy atom. The zero-order valence-corrected chi connectivity index (χ0v) is 9.58. The van der Waals surface area contributed by atoms with E-state index < -0.39 is 17.6 Å². The van der Waals surface area contributed by atoms with Gasteiger partial charge in [-0.05, 0) is 12.1 Å². The van der Waals surface area contributed by atoms with Crippen LogP contribution in [0.2, 0.25) is 5.15 Å². The monoisotopic (exact) mass is 269 g/mol. The molecule has 1 N–H and O–H groups in total. The third-order valence-corrected chi connectivity index (χ3v) is 2.63. The molecule has 18 heavy (non-hydrogen) atoms. The number of aromatic nitrogens is 1. The standard InChI is InChI=1S/C12H6ClF2NO2/c13-11-8(4-6(5-16-11)12(17)18)7-2-1-3-9(14)10(7)15/h1-5H,(H,17,18). The van der Waals surface area contributed by atoms with Gasteiger partial charge in [0.1, 0.15) is 5.15 Å². The average Bonchev–Trinajstić information content (AvgIpc) is 2.33. The quantitative estimate of drug-likeness (QED) is 0.850. The van der Waals surface area contributed by atoms with Crippen molar-refractivity contribution >= 4 is 17.6 Å². The molecule has 6 heteroatoms. The molecule has 0 spiro atoms. The minimum absolute atomic E-state index is 0.0357. The molecule has 92 valence electrons. The molecule has 0 unspecified atom stereocenters. The van der Waals surface area contributed by atoms with Gasteiger partial charge in [0.2, 0.25) is 0 Å². The van der Waals surface area contributed by atoms with Gasteiger partial charge in [-0.2, -0.15) is 0 Å².